The molecule has 3 nitrogen and oxygen atoms in total. The number of alkyl halides is 6. The van der Waals surface area contributed by atoms with E-state index in [0.717, 1.165) is 12.1 Å². The van der Waals surface area contributed by atoms with Crippen molar-refractivity contribution >= 4 is 11.6 Å². The fourth-order valence-corrected chi connectivity index (χ4v) is 3.55. The van der Waals surface area contributed by atoms with Crippen molar-refractivity contribution in [2.24, 2.45) is 5.73 Å². The average Bonchev–Trinajstić information content (AvgIpc) is 2.80. The Morgan fingerprint density at radius 1 is 0.730 bits per heavy atom. The summed E-state index contributed by atoms with van der Waals surface area (Å²) >= 11 is 0. The lowest BCUT2D eigenvalue weighted by atomic mass is 9.96. The van der Waals surface area contributed by atoms with E-state index in [1.807, 2.05) is 0 Å². The monoisotopic (exact) mass is 538 g/mol. The van der Waals surface area contributed by atoms with Gasteiger partial charge in [0.05, 0.1) is 12.0 Å². The number of hydrogen-bond donors (Lipinski definition) is 2. The summed E-state index contributed by atoms with van der Waals surface area (Å²) in [5.74, 6) is -11.5. The molecule has 0 aromatic heterocycles. The van der Waals surface area contributed by atoms with Crippen molar-refractivity contribution in [3.63, 3.8) is 0 Å². The quantitative estimate of drug-likeness (QED) is 0.278. The van der Waals surface area contributed by atoms with Gasteiger partial charge in [-0.05, 0) is 40.8 Å². The van der Waals surface area contributed by atoms with E-state index < -0.39 is 64.8 Å². The normalized spacial score (nSPS) is 12.1. The largest absolute Gasteiger partial charge is 0.422 e. The highest BCUT2D eigenvalue weighted by Crippen LogP contribution is 2.38. The zero-order chi connectivity index (χ0) is 27.7. The molecule has 13 heteroatoms. The Balaban J connectivity index is 1.84. The molecule has 37 heavy (non-hydrogen) atoms. The van der Waals surface area contributed by atoms with Gasteiger partial charge in [-0.1, -0.05) is 30.3 Å². The van der Waals surface area contributed by atoms with Crippen LogP contribution in [0.3, 0.4) is 0 Å². The minimum atomic E-state index is -5.73. The van der Waals surface area contributed by atoms with Gasteiger partial charge in [-0.2, -0.15) is 26.3 Å². The fraction of sp³-hybridized carbons (Fsp3) is 0.208. The highest BCUT2D eigenvalue weighted by molar-refractivity contribution is 5.92. The SMILES string of the molecule is NCc1ccc(Cc2ccc(C(F)(F)F)cc2)cc1CC(=O)Nc1c(F)c(F)c(C(F)(F)F)c(F)c1F. The van der Waals surface area contributed by atoms with Gasteiger partial charge in [0.25, 0.3) is 0 Å². The Bertz CT molecular complexity index is 1290. The lowest BCUT2D eigenvalue weighted by Crippen LogP contribution is -2.22. The molecule has 0 saturated carbocycles. The van der Waals surface area contributed by atoms with Gasteiger partial charge >= 0.3 is 12.4 Å². The lowest BCUT2D eigenvalue weighted by Gasteiger charge is -2.15. The minimum Gasteiger partial charge on any atom is -0.326 e. The molecule has 3 aromatic carbocycles. The summed E-state index contributed by atoms with van der Waals surface area (Å²) in [5.41, 5.74) is 1.87. The van der Waals surface area contributed by atoms with E-state index in [1.165, 1.54) is 24.3 Å². The molecule has 198 valence electrons. The second kappa shape index (κ2) is 10.4. The van der Waals surface area contributed by atoms with Crippen molar-refractivity contribution in [2.75, 3.05) is 5.32 Å². The fourth-order valence-electron chi connectivity index (χ4n) is 3.55. The van der Waals surface area contributed by atoms with E-state index in [9.17, 15) is 48.7 Å². The first-order valence-electron chi connectivity index (χ1n) is 10.3. The number of nitrogens with two attached hydrogens (primary N) is 1. The van der Waals surface area contributed by atoms with Crippen molar-refractivity contribution in [1.29, 1.82) is 0 Å². The van der Waals surface area contributed by atoms with E-state index in [4.69, 9.17) is 5.73 Å². The van der Waals surface area contributed by atoms with Crippen molar-refractivity contribution in [1.82, 2.24) is 0 Å². The maximum absolute atomic E-state index is 14.1. The molecule has 0 atom stereocenters. The second-order valence-corrected chi connectivity index (χ2v) is 7.91. The Labute approximate surface area is 202 Å². The number of carbonyl (C=O) groups excluding carboxylic acids is 1. The zero-order valence-corrected chi connectivity index (χ0v) is 18.4. The molecule has 0 aliphatic rings. The third kappa shape index (κ3) is 6.21. The van der Waals surface area contributed by atoms with Crippen LogP contribution in [-0.2, 0) is 36.5 Å². The molecule has 0 aliphatic carbocycles. The molecular formula is C24H16F10N2O. The number of carbonyl (C=O) groups is 1. The Morgan fingerprint density at radius 3 is 1.76 bits per heavy atom. The Morgan fingerprint density at radius 2 is 1.27 bits per heavy atom. The Hall–Kier alpha value is -3.61. The van der Waals surface area contributed by atoms with E-state index >= 15 is 0 Å². The first kappa shape index (κ1) is 28.0. The van der Waals surface area contributed by atoms with E-state index in [-0.39, 0.29) is 18.5 Å². The Kier molecular flexibility index (Phi) is 7.86. The highest BCUT2D eigenvalue weighted by Gasteiger charge is 2.42. The topological polar surface area (TPSA) is 55.1 Å². The molecule has 0 radical (unpaired) electrons. The van der Waals surface area contributed by atoms with Crippen LogP contribution < -0.4 is 11.1 Å². The standard InChI is InChI=1S/C24H16F10N2O/c25-18-17(24(32,33)34)19(26)21(28)22(20(18)27)36-16(37)9-14-8-12(1-4-13(14)10-35)7-11-2-5-15(6-3-11)23(29,30)31/h1-6,8H,7,9-10,35H2,(H,36,37). The van der Waals surface area contributed by atoms with Gasteiger partial charge in [-0.15, -0.1) is 0 Å². The predicted octanol–water partition coefficient (Wildman–Crippen LogP) is 6.51. The average molecular weight is 538 g/mol. The van der Waals surface area contributed by atoms with E-state index in [0.29, 0.717) is 16.7 Å². The van der Waals surface area contributed by atoms with Crippen molar-refractivity contribution < 1.29 is 48.7 Å². The van der Waals surface area contributed by atoms with Gasteiger partial charge in [0, 0.05) is 6.54 Å². The summed E-state index contributed by atoms with van der Waals surface area (Å²) in [6.07, 6.45) is -10.8. The van der Waals surface area contributed by atoms with Crippen molar-refractivity contribution in [3.8, 4) is 0 Å². The molecule has 0 unspecified atom stereocenters. The van der Waals surface area contributed by atoms with Crippen molar-refractivity contribution in [2.45, 2.75) is 31.7 Å². The van der Waals surface area contributed by atoms with Gasteiger partial charge in [0.15, 0.2) is 23.3 Å². The number of hydrogen-bond acceptors (Lipinski definition) is 2. The number of nitrogens with one attached hydrogen (secondary N) is 1. The maximum Gasteiger partial charge on any atom is 0.422 e. The molecule has 3 N–H and O–H groups in total. The summed E-state index contributed by atoms with van der Waals surface area (Å²) in [7, 11) is 0. The molecular weight excluding hydrogens is 522 g/mol. The number of anilines is 1. The smallest absolute Gasteiger partial charge is 0.326 e. The van der Waals surface area contributed by atoms with Crippen molar-refractivity contribution in [3.05, 3.63) is 99.1 Å². The molecule has 0 fully saturated rings. The van der Waals surface area contributed by atoms with Gasteiger partial charge in [0.2, 0.25) is 5.91 Å². The maximum atomic E-state index is 14.1. The van der Waals surface area contributed by atoms with Crippen LogP contribution in [0.2, 0.25) is 0 Å². The summed E-state index contributed by atoms with van der Waals surface area (Å²) in [6.45, 7) is -0.102. The summed E-state index contributed by atoms with van der Waals surface area (Å²) in [5, 5.41) is 1.54. The van der Waals surface area contributed by atoms with E-state index in [1.54, 1.807) is 11.4 Å². The summed E-state index contributed by atoms with van der Waals surface area (Å²) in [4.78, 5) is 12.4. The minimum absolute atomic E-state index is 0.102. The molecule has 0 aliphatic heterocycles. The summed E-state index contributed by atoms with van der Waals surface area (Å²) in [6, 6.07) is 8.82. The van der Waals surface area contributed by atoms with Gasteiger partial charge in [-0.25, -0.2) is 17.6 Å². The van der Waals surface area contributed by atoms with Gasteiger partial charge < -0.3 is 11.1 Å². The van der Waals surface area contributed by atoms with Gasteiger partial charge in [0.1, 0.15) is 11.3 Å². The van der Waals surface area contributed by atoms with Crippen LogP contribution in [0.5, 0.6) is 0 Å². The van der Waals surface area contributed by atoms with Crippen LogP contribution in [0.1, 0.15) is 33.4 Å². The molecule has 0 bridgehead atoms. The van der Waals surface area contributed by atoms with Crippen LogP contribution in [0.15, 0.2) is 42.5 Å². The number of halogens is 10. The van der Waals surface area contributed by atoms with Crippen LogP contribution >= 0.6 is 0 Å². The third-order valence-corrected chi connectivity index (χ3v) is 5.34. The predicted molar refractivity (Wildman–Crippen MR) is 112 cm³/mol. The third-order valence-electron chi connectivity index (χ3n) is 5.34. The van der Waals surface area contributed by atoms with Crippen LogP contribution in [0, 0.1) is 23.3 Å². The first-order chi connectivity index (χ1) is 17.1. The molecule has 3 rings (SSSR count). The van der Waals surface area contributed by atoms with E-state index in [2.05, 4.69) is 0 Å². The number of amides is 1. The number of benzene rings is 3. The highest BCUT2D eigenvalue weighted by atomic mass is 19.4. The molecule has 0 heterocycles. The zero-order valence-electron chi connectivity index (χ0n) is 18.4. The van der Waals surface area contributed by atoms with Crippen LogP contribution in [0.25, 0.3) is 0 Å². The number of rotatable bonds is 6. The summed E-state index contributed by atoms with van der Waals surface area (Å²) < 4.78 is 132. The van der Waals surface area contributed by atoms with Crippen LogP contribution in [0.4, 0.5) is 49.6 Å². The molecule has 3 aromatic rings. The van der Waals surface area contributed by atoms with Crippen LogP contribution in [-0.4, -0.2) is 5.91 Å². The molecule has 1 amide bonds. The lowest BCUT2D eigenvalue weighted by molar-refractivity contribution is -0.143. The first-order valence-corrected chi connectivity index (χ1v) is 10.3. The van der Waals surface area contributed by atoms with Gasteiger partial charge in [-0.3, -0.25) is 4.79 Å². The second-order valence-electron chi connectivity index (χ2n) is 7.91. The molecule has 0 saturated heterocycles. The molecule has 0 spiro atoms.